The van der Waals surface area contributed by atoms with Gasteiger partial charge in [0.1, 0.15) is 0 Å². The third-order valence-corrected chi connectivity index (χ3v) is 3.33. The van der Waals surface area contributed by atoms with Crippen LogP contribution < -0.4 is 15.1 Å². The van der Waals surface area contributed by atoms with E-state index in [0.717, 1.165) is 17.1 Å². The zero-order chi connectivity index (χ0) is 16.3. The minimum absolute atomic E-state index is 0.0652. The molecule has 0 amide bonds. The zero-order valence-corrected chi connectivity index (χ0v) is 13.2. The average Bonchev–Trinajstić information content (AvgIpc) is 2.47. The van der Waals surface area contributed by atoms with Gasteiger partial charge >= 0.3 is 0 Å². The van der Waals surface area contributed by atoms with Crippen LogP contribution in [0.25, 0.3) is 0 Å². The van der Waals surface area contributed by atoms with Crippen molar-refractivity contribution in [1.29, 1.82) is 0 Å². The molecule has 0 bridgehead atoms. The molecular formula is C16H20N4O2. The molecule has 2 aromatic carbocycles. The molecule has 0 fully saturated rings. The van der Waals surface area contributed by atoms with E-state index < -0.39 is 0 Å². The largest absolute Gasteiger partial charge is 0.376 e. The van der Waals surface area contributed by atoms with Crippen molar-refractivity contribution in [3.05, 3.63) is 52.6 Å². The summed E-state index contributed by atoms with van der Waals surface area (Å²) < 4.78 is 0. The summed E-state index contributed by atoms with van der Waals surface area (Å²) in [5, 5.41) is 14.3. The van der Waals surface area contributed by atoms with Crippen molar-refractivity contribution < 1.29 is 4.92 Å². The lowest BCUT2D eigenvalue weighted by Gasteiger charge is -2.22. The summed E-state index contributed by atoms with van der Waals surface area (Å²) in [7, 11) is 7.73. The number of hydrogen-bond acceptors (Lipinski definition) is 5. The Morgan fingerprint density at radius 1 is 0.909 bits per heavy atom. The highest BCUT2D eigenvalue weighted by Crippen LogP contribution is 2.34. The molecule has 0 saturated carbocycles. The summed E-state index contributed by atoms with van der Waals surface area (Å²) in [4.78, 5) is 14.5. The Bertz CT molecular complexity index is 684. The maximum absolute atomic E-state index is 11.0. The first kappa shape index (κ1) is 15.6. The lowest BCUT2D eigenvalue weighted by molar-refractivity contribution is -0.384. The SMILES string of the molecule is CN(C)c1ccccc1Nc1cc([N+](=O)[O-])ccc1N(C)C. The number of nitrogens with zero attached hydrogens (tertiary/aromatic N) is 3. The Morgan fingerprint density at radius 3 is 2.09 bits per heavy atom. The lowest BCUT2D eigenvalue weighted by atomic mass is 10.2. The first-order valence-electron chi connectivity index (χ1n) is 6.89. The van der Waals surface area contributed by atoms with Crippen molar-refractivity contribution in [2.75, 3.05) is 43.3 Å². The fourth-order valence-electron chi connectivity index (χ4n) is 2.24. The molecule has 0 atom stereocenters. The fraction of sp³-hybridized carbons (Fsp3) is 0.250. The second-order valence-corrected chi connectivity index (χ2v) is 5.39. The van der Waals surface area contributed by atoms with E-state index in [-0.39, 0.29) is 10.6 Å². The summed E-state index contributed by atoms with van der Waals surface area (Å²) in [5.41, 5.74) is 3.57. The Labute approximate surface area is 130 Å². The van der Waals surface area contributed by atoms with E-state index in [1.54, 1.807) is 12.1 Å². The second-order valence-electron chi connectivity index (χ2n) is 5.39. The molecule has 2 rings (SSSR count). The van der Waals surface area contributed by atoms with Crippen molar-refractivity contribution in [2.24, 2.45) is 0 Å². The Kier molecular flexibility index (Phi) is 4.50. The van der Waals surface area contributed by atoms with Gasteiger partial charge in [-0.1, -0.05) is 12.1 Å². The number of para-hydroxylation sites is 2. The smallest absolute Gasteiger partial charge is 0.271 e. The van der Waals surface area contributed by atoms with Gasteiger partial charge in [-0.05, 0) is 18.2 Å². The minimum atomic E-state index is -0.386. The van der Waals surface area contributed by atoms with Crippen LogP contribution in [0.15, 0.2) is 42.5 Å². The molecule has 1 N–H and O–H groups in total. The number of anilines is 4. The maximum atomic E-state index is 11.0. The van der Waals surface area contributed by atoms with E-state index in [9.17, 15) is 10.1 Å². The van der Waals surface area contributed by atoms with Crippen LogP contribution in [0.4, 0.5) is 28.4 Å². The third kappa shape index (κ3) is 3.28. The van der Waals surface area contributed by atoms with Gasteiger partial charge in [-0.3, -0.25) is 10.1 Å². The van der Waals surface area contributed by atoms with Crippen LogP contribution in [0, 0.1) is 10.1 Å². The molecular weight excluding hydrogens is 280 g/mol. The molecule has 2 aromatic rings. The van der Waals surface area contributed by atoms with Crippen molar-refractivity contribution in [3.8, 4) is 0 Å². The van der Waals surface area contributed by atoms with Gasteiger partial charge in [-0.25, -0.2) is 0 Å². The normalized spacial score (nSPS) is 10.2. The van der Waals surface area contributed by atoms with Crippen LogP contribution >= 0.6 is 0 Å². The second kappa shape index (κ2) is 6.34. The number of rotatable bonds is 5. The molecule has 22 heavy (non-hydrogen) atoms. The van der Waals surface area contributed by atoms with Crippen LogP contribution in [-0.2, 0) is 0 Å². The van der Waals surface area contributed by atoms with Crippen molar-refractivity contribution in [3.63, 3.8) is 0 Å². The molecule has 0 spiro atoms. The van der Waals surface area contributed by atoms with Gasteiger partial charge in [0.15, 0.2) is 0 Å². The number of hydrogen-bond donors (Lipinski definition) is 1. The van der Waals surface area contributed by atoms with E-state index in [0.29, 0.717) is 5.69 Å². The molecule has 6 nitrogen and oxygen atoms in total. The van der Waals surface area contributed by atoms with Gasteiger partial charge in [0.25, 0.3) is 5.69 Å². The summed E-state index contributed by atoms with van der Waals surface area (Å²) in [6.07, 6.45) is 0. The molecule has 0 aliphatic heterocycles. The Hall–Kier alpha value is -2.76. The van der Waals surface area contributed by atoms with Crippen LogP contribution in [0.1, 0.15) is 0 Å². The topological polar surface area (TPSA) is 61.6 Å². The third-order valence-electron chi connectivity index (χ3n) is 3.33. The minimum Gasteiger partial charge on any atom is -0.376 e. The monoisotopic (exact) mass is 300 g/mol. The van der Waals surface area contributed by atoms with Crippen LogP contribution in [0.5, 0.6) is 0 Å². The van der Waals surface area contributed by atoms with Gasteiger partial charge in [-0.15, -0.1) is 0 Å². The lowest BCUT2D eigenvalue weighted by Crippen LogP contribution is -2.13. The van der Waals surface area contributed by atoms with E-state index in [1.807, 2.05) is 62.3 Å². The standard InChI is InChI=1S/C16H20N4O2/c1-18(2)15-8-6-5-7-13(15)17-14-11-12(20(21)22)9-10-16(14)19(3)4/h5-11,17H,1-4H3. The predicted molar refractivity (Wildman–Crippen MR) is 91.5 cm³/mol. The molecule has 0 aromatic heterocycles. The number of benzene rings is 2. The molecule has 0 heterocycles. The molecule has 0 aliphatic carbocycles. The number of nitro benzene ring substituents is 1. The Balaban J connectivity index is 2.48. The van der Waals surface area contributed by atoms with Gasteiger partial charge in [0.2, 0.25) is 0 Å². The molecule has 0 aliphatic rings. The highest BCUT2D eigenvalue weighted by atomic mass is 16.6. The maximum Gasteiger partial charge on any atom is 0.271 e. The molecule has 6 heteroatoms. The number of nitro groups is 1. The first-order valence-corrected chi connectivity index (χ1v) is 6.89. The van der Waals surface area contributed by atoms with Crippen LogP contribution in [-0.4, -0.2) is 33.1 Å². The molecule has 0 saturated heterocycles. The van der Waals surface area contributed by atoms with Crippen molar-refractivity contribution in [2.45, 2.75) is 0 Å². The van der Waals surface area contributed by atoms with Crippen LogP contribution in [0.2, 0.25) is 0 Å². The van der Waals surface area contributed by atoms with E-state index in [4.69, 9.17) is 0 Å². The molecule has 0 unspecified atom stereocenters. The van der Waals surface area contributed by atoms with Crippen molar-refractivity contribution in [1.82, 2.24) is 0 Å². The van der Waals surface area contributed by atoms with Gasteiger partial charge in [0.05, 0.1) is 27.7 Å². The van der Waals surface area contributed by atoms with Gasteiger partial charge in [-0.2, -0.15) is 0 Å². The predicted octanol–water partition coefficient (Wildman–Crippen LogP) is 3.47. The summed E-state index contributed by atoms with van der Waals surface area (Å²) in [6, 6.07) is 12.7. The number of non-ortho nitro benzene ring substituents is 1. The summed E-state index contributed by atoms with van der Waals surface area (Å²) in [5.74, 6) is 0. The van der Waals surface area contributed by atoms with E-state index >= 15 is 0 Å². The highest BCUT2D eigenvalue weighted by molar-refractivity contribution is 5.82. The molecule has 0 radical (unpaired) electrons. The van der Waals surface area contributed by atoms with Crippen LogP contribution in [0.3, 0.4) is 0 Å². The van der Waals surface area contributed by atoms with Gasteiger partial charge in [0, 0.05) is 40.3 Å². The summed E-state index contributed by atoms with van der Waals surface area (Å²) >= 11 is 0. The molecule has 116 valence electrons. The van der Waals surface area contributed by atoms with Gasteiger partial charge < -0.3 is 15.1 Å². The quantitative estimate of drug-likeness (QED) is 0.676. The Morgan fingerprint density at radius 2 is 1.50 bits per heavy atom. The van der Waals surface area contributed by atoms with E-state index in [2.05, 4.69) is 5.32 Å². The van der Waals surface area contributed by atoms with Crippen molar-refractivity contribution >= 4 is 28.4 Å². The number of nitrogens with one attached hydrogen (secondary N) is 1. The highest BCUT2D eigenvalue weighted by Gasteiger charge is 2.13. The first-order chi connectivity index (χ1) is 10.4. The average molecular weight is 300 g/mol. The summed E-state index contributed by atoms with van der Waals surface area (Å²) in [6.45, 7) is 0. The fourth-order valence-corrected chi connectivity index (χ4v) is 2.24. The van der Waals surface area contributed by atoms with E-state index in [1.165, 1.54) is 6.07 Å². The zero-order valence-electron chi connectivity index (χ0n) is 13.2.